The highest BCUT2D eigenvalue weighted by Gasteiger charge is 2.15. The van der Waals surface area contributed by atoms with E-state index in [0.29, 0.717) is 33.5 Å². The number of para-hydroxylation sites is 1. The Morgan fingerprint density at radius 3 is 2.33 bits per heavy atom. The van der Waals surface area contributed by atoms with E-state index in [9.17, 15) is 14.0 Å². The van der Waals surface area contributed by atoms with Gasteiger partial charge >= 0.3 is 0 Å². The van der Waals surface area contributed by atoms with Gasteiger partial charge in [0, 0.05) is 11.1 Å². The normalized spacial score (nSPS) is 11.2. The number of carbonyl (C=O) groups is 1. The number of aryl methyl sites for hydroxylation is 1. The SMILES string of the molecule is Cc1ccc(-c2nc3ccccc3c(=O)n2-c2ccc(C(=O)N/N=C/c3ccc(F)cc3)cc2)cc1. The molecule has 0 saturated heterocycles. The summed E-state index contributed by atoms with van der Waals surface area (Å²) in [5.41, 5.74) is 6.39. The standard InChI is InChI=1S/C29H21FN4O2/c1-19-6-10-21(11-7-19)27-32-26-5-3-2-4-25(26)29(36)34(27)24-16-12-22(13-17-24)28(35)33-31-18-20-8-14-23(30)15-9-20/h2-18H,1H3,(H,33,35)/b31-18+. The molecule has 1 aromatic heterocycles. The van der Waals surface area contributed by atoms with Crippen LogP contribution in [0.15, 0.2) is 107 Å². The van der Waals surface area contributed by atoms with Crippen LogP contribution in [0.3, 0.4) is 0 Å². The second-order valence-corrected chi connectivity index (χ2v) is 8.26. The van der Waals surface area contributed by atoms with Gasteiger partial charge in [0.2, 0.25) is 0 Å². The summed E-state index contributed by atoms with van der Waals surface area (Å²) in [6.45, 7) is 2.00. The van der Waals surface area contributed by atoms with Crippen LogP contribution < -0.4 is 11.0 Å². The molecule has 0 bridgehead atoms. The van der Waals surface area contributed by atoms with Crippen molar-refractivity contribution in [3.05, 3.63) is 130 Å². The highest BCUT2D eigenvalue weighted by molar-refractivity contribution is 5.95. The van der Waals surface area contributed by atoms with Gasteiger partial charge in [-0.25, -0.2) is 14.8 Å². The predicted molar refractivity (Wildman–Crippen MR) is 139 cm³/mol. The number of aromatic nitrogens is 2. The van der Waals surface area contributed by atoms with Gasteiger partial charge in [0.05, 0.1) is 22.8 Å². The lowest BCUT2D eigenvalue weighted by atomic mass is 10.1. The van der Waals surface area contributed by atoms with E-state index < -0.39 is 5.91 Å². The second-order valence-electron chi connectivity index (χ2n) is 8.26. The summed E-state index contributed by atoms with van der Waals surface area (Å²) in [4.78, 5) is 30.8. The van der Waals surface area contributed by atoms with Crippen molar-refractivity contribution in [2.24, 2.45) is 5.10 Å². The lowest BCUT2D eigenvalue weighted by Gasteiger charge is -2.14. The van der Waals surface area contributed by atoms with Crippen molar-refractivity contribution in [1.29, 1.82) is 0 Å². The molecular weight excluding hydrogens is 455 g/mol. The van der Waals surface area contributed by atoms with Gasteiger partial charge in [-0.3, -0.25) is 14.2 Å². The van der Waals surface area contributed by atoms with Crippen molar-refractivity contribution in [1.82, 2.24) is 15.0 Å². The van der Waals surface area contributed by atoms with Crippen LogP contribution in [-0.2, 0) is 0 Å². The van der Waals surface area contributed by atoms with Crippen molar-refractivity contribution in [2.75, 3.05) is 0 Å². The largest absolute Gasteiger partial charge is 0.271 e. The van der Waals surface area contributed by atoms with Crippen LogP contribution in [0.5, 0.6) is 0 Å². The lowest BCUT2D eigenvalue weighted by Crippen LogP contribution is -2.22. The first-order chi connectivity index (χ1) is 17.5. The Kier molecular flexibility index (Phi) is 6.19. The Hall–Kier alpha value is -4.91. The minimum absolute atomic E-state index is 0.197. The zero-order valence-electron chi connectivity index (χ0n) is 19.4. The summed E-state index contributed by atoms with van der Waals surface area (Å²) in [5, 5.41) is 4.43. The van der Waals surface area contributed by atoms with Gasteiger partial charge in [-0.15, -0.1) is 0 Å². The molecular formula is C29H21FN4O2. The number of halogens is 1. The average Bonchev–Trinajstić information content (AvgIpc) is 2.90. The number of fused-ring (bicyclic) bond motifs is 1. The molecule has 0 aliphatic rings. The van der Waals surface area contributed by atoms with Crippen LogP contribution in [0.2, 0.25) is 0 Å². The highest BCUT2D eigenvalue weighted by Crippen LogP contribution is 2.23. The first-order valence-electron chi connectivity index (χ1n) is 11.3. The van der Waals surface area contributed by atoms with E-state index in [1.807, 2.05) is 43.3 Å². The summed E-state index contributed by atoms with van der Waals surface area (Å²) >= 11 is 0. The molecule has 0 aliphatic heterocycles. The first-order valence-corrected chi connectivity index (χ1v) is 11.3. The molecule has 5 rings (SSSR count). The summed E-state index contributed by atoms with van der Waals surface area (Å²) in [7, 11) is 0. The van der Waals surface area contributed by atoms with Crippen molar-refractivity contribution in [2.45, 2.75) is 6.92 Å². The molecule has 6 nitrogen and oxygen atoms in total. The number of benzene rings is 4. The van der Waals surface area contributed by atoms with E-state index in [2.05, 4.69) is 10.5 Å². The van der Waals surface area contributed by atoms with E-state index in [0.717, 1.165) is 11.1 Å². The zero-order chi connectivity index (χ0) is 25.1. The van der Waals surface area contributed by atoms with Crippen LogP contribution in [0, 0.1) is 12.7 Å². The minimum Gasteiger partial charge on any atom is -0.268 e. The van der Waals surface area contributed by atoms with E-state index in [1.165, 1.54) is 18.3 Å². The Morgan fingerprint density at radius 2 is 1.61 bits per heavy atom. The third-order valence-corrected chi connectivity index (χ3v) is 5.72. The quantitative estimate of drug-likeness (QED) is 0.278. The molecule has 0 atom stereocenters. The molecule has 0 spiro atoms. The first kappa shape index (κ1) is 22.9. The monoisotopic (exact) mass is 476 g/mol. The maximum absolute atomic E-state index is 13.5. The van der Waals surface area contributed by atoms with Gasteiger partial charge in [-0.05, 0) is 61.0 Å². The summed E-state index contributed by atoms with van der Waals surface area (Å²) < 4.78 is 14.6. The van der Waals surface area contributed by atoms with Crippen LogP contribution >= 0.6 is 0 Å². The zero-order valence-corrected chi connectivity index (χ0v) is 19.4. The summed E-state index contributed by atoms with van der Waals surface area (Å²) in [5.74, 6) is -0.245. The van der Waals surface area contributed by atoms with Crippen LogP contribution in [0.4, 0.5) is 4.39 Å². The maximum Gasteiger partial charge on any atom is 0.271 e. The molecule has 1 amide bonds. The average molecular weight is 477 g/mol. The highest BCUT2D eigenvalue weighted by atomic mass is 19.1. The van der Waals surface area contributed by atoms with E-state index in [1.54, 1.807) is 53.1 Å². The topological polar surface area (TPSA) is 76.3 Å². The third kappa shape index (κ3) is 4.67. The fourth-order valence-corrected chi connectivity index (χ4v) is 3.81. The predicted octanol–water partition coefficient (Wildman–Crippen LogP) is 5.26. The minimum atomic E-state index is -0.414. The molecule has 0 radical (unpaired) electrons. The number of hydrazone groups is 1. The smallest absolute Gasteiger partial charge is 0.268 e. The van der Waals surface area contributed by atoms with Crippen LogP contribution in [0.1, 0.15) is 21.5 Å². The fraction of sp³-hybridized carbons (Fsp3) is 0.0345. The van der Waals surface area contributed by atoms with Crippen LogP contribution in [0.25, 0.3) is 28.0 Å². The Morgan fingerprint density at radius 1 is 0.917 bits per heavy atom. The molecule has 1 heterocycles. The van der Waals surface area contributed by atoms with Crippen molar-refractivity contribution in [3.63, 3.8) is 0 Å². The molecule has 0 aliphatic carbocycles. The third-order valence-electron chi connectivity index (χ3n) is 5.72. The fourth-order valence-electron chi connectivity index (χ4n) is 3.81. The molecule has 5 aromatic rings. The van der Waals surface area contributed by atoms with Crippen molar-refractivity contribution < 1.29 is 9.18 Å². The molecule has 176 valence electrons. The number of rotatable bonds is 5. The molecule has 0 saturated carbocycles. The number of carbonyl (C=O) groups excluding carboxylic acids is 1. The number of hydrogen-bond acceptors (Lipinski definition) is 4. The lowest BCUT2D eigenvalue weighted by molar-refractivity contribution is 0.0955. The number of nitrogens with zero attached hydrogens (tertiary/aromatic N) is 3. The van der Waals surface area contributed by atoms with Gasteiger partial charge in [0.15, 0.2) is 0 Å². The second kappa shape index (κ2) is 9.76. The van der Waals surface area contributed by atoms with Gasteiger partial charge in [0.25, 0.3) is 11.5 Å². The molecule has 1 N–H and O–H groups in total. The number of nitrogens with one attached hydrogen (secondary N) is 1. The van der Waals surface area contributed by atoms with E-state index in [-0.39, 0.29) is 11.4 Å². The molecule has 4 aromatic carbocycles. The summed E-state index contributed by atoms with van der Waals surface area (Å²) in [6.07, 6.45) is 1.43. The van der Waals surface area contributed by atoms with Gasteiger partial charge in [-0.2, -0.15) is 5.10 Å². The Labute approximate surface area is 206 Å². The summed E-state index contributed by atoms with van der Waals surface area (Å²) in [6, 6.07) is 27.4. The Bertz CT molecular complexity index is 1640. The molecule has 36 heavy (non-hydrogen) atoms. The van der Waals surface area contributed by atoms with E-state index >= 15 is 0 Å². The molecule has 0 unspecified atom stereocenters. The van der Waals surface area contributed by atoms with Gasteiger partial charge < -0.3 is 0 Å². The number of hydrogen-bond donors (Lipinski definition) is 1. The molecule has 7 heteroatoms. The maximum atomic E-state index is 13.5. The van der Waals surface area contributed by atoms with Crippen LogP contribution in [-0.4, -0.2) is 21.7 Å². The van der Waals surface area contributed by atoms with Gasteiger partial charge in [0.1, 0.15) is 11.6 Å². The molecule has 0 fully saturated rings. The Balaban J connectivity index is 1.47. The van der Waals surface area contributed by atoms with Crippen molar-refractivity contribution in [3.8, 4) is 17.1 Å². The number of amides is 1. The van der Waals surface area contributed by atoms with E-state index in [4.69, 9.17) is 4.98 Å². The van der Waals surface area contributed by atoms with Gasteiger partial charge in [-0.1, -0.05) is 54.1 Å². The van der Waals surface area contributed by atoms with Crippen molar-refractivity contribution >= 4 is 23.0 Å².